The lowest BCUT2D eigenvalue weighted by molar-refractivity contribution is -0.140. The van der Waals surface area contributed by atoms with Crippen molar-refractivity contribution in [2.45, 2.75) is 66.0 Å². The largest absolute Gasteiger partial charge is 0.507 e. The van der Waals surface area contributed by atoms with Crippen LogP contribution in [-0.4, -0.2) is 72.6 Å². The van der Waals surface area contributed by atoms with Gasteiger partial charge in [-0.15, -0.1) is 0 Å². The average molecular weight is 565 g/mol. The Bertz CT molecular complexity index is 1280. The van der Waals surface area contributed by atoms with Gasteiger partial charge < -0.3 is 29.1 Å². The molecule has 8 nitrogen and oxygen atoms in total. The molecule has 4 rings (SSSR count). The number of aliphatic hydroxyl groups excluding tert-OH is 1. The molecule has 0 radical (unpaired) electrons. The van der Waals surface area contributed by atoms with E-state index in [9.17, 15) is 14.7 Å². The van der Waals surface area contributed by atoms with Crippen LogP contribution in [0.25, 0.3) is 5.76 Å². The number of Topliss-reactive ketones (excluding diaryl/α,β-unsaturated/α-hetero) is 1. The molecule has 2 aliphatic heterocycles. The molecule has 2 aromatic rings. The second-order valence-corrected chi connectivity index (χ2v) is 11.3. The van der Waals surface area contributed by atoms with Gasteiger partial charge in [-0.3, -0.25) is 9.59 Å². The fourth-order valence-corrected chi connectivity index (χ4v) is 5.56. The monoisotopic (exact) mass is 564 g/mol. The number of ketones is 1. The van der Waals surface area contributed by atoms with Gasteiger partial charge in [-0.1, -0.05) is 33.8 Å². The van der Waals surface area contributed by atoms with E-state index in [2.05, 4.69) is 32.6 Å². The van der Waals surface area contributed by atoms with E-state index in [1.807, 2.05) is 37.3 Å². The molecule has 2 aromatic carbocycles. The summed E-state index contributed by atoms with van der Waals surface area (Å²) in [5.74, 6) is 0.928. The Labute approximate surface area is 243 Å². The molecule has 0 saturated carbocycles. The zero-order valence-electron chi connectivity index (χ0n) is 25.2. The Morgan fingerprint density at radius 3 is 2.56 bits per heavy atom. The van der Waals surface area contributed by atoms with Gasteiger partial charge in [0.05, 0.1) is 25.3 Å². The molecule has 1 amide bonds. The number of hydrogen-bond acceptors (Lipinski definition) is 7. The van der Waals surface area contributed by atoms with Gasteiger partial charge in [-0.25, -0.2) is 0 Å². The first-order chi connectivity index (χ1) is 19.7. The van der Waals surface area contributed by atoms with Crippen LogP contribution in [0.2, 0.25) is 0 Å². The van der Waals surface area contributed by atoms with Crippen molar-refractivity contribution in [1.82, 2.24) is 9.80 Å². The van der Waals surface area contributed by atoms with Crippen molar-refractivity contribution in [2.24, 2.45) is 5.92 Å². The quantitative estimate of drug-likeness (QED) is 0.193. The van der Waals surface area contributed by atoms with Crippen LogP contribution < -0.4 is 14.2 Å². The van der Waals surface area contributed by atoms with Gasteiger partial charge in [0.25, 0.3) is 11.7 Å². The second-order valence-electron chi connectivity index (χ2n) is 11.3. The number of benzene rings is 2. The molecular formula is C33H44N2O6. The van der Waals surface area contributed by atoms with Crippen LogP contribution in [0.1, 0.15) is 70.2 Å². The number of fused-ring (bicyclic) bond motifs is 1. The van der Waals surface area contributed by atoms with Crippen LogP contribution in [0.4, 0.5) is 0 Å². The van der Waals surface area contributed by atoms with Crippen LogP contribution in [0.5, 0.6) is 17.2 Å². The van der Waals surface area contributed by atoms with E-state index in [1.54, 1.807) is 18.1 Å². The molecule has 0 bridgehead atoms. The average Bonchev–Trinajstić information content (AvgIpc) is 3.45. The van der Waals surface area contributed by atoms with E-state index >= 15 is 0 Å². The second kappa shape index (κ2) is 13.4. The summed E-state index contributed by atoms with van der Waals surface area (Å²) in [6, 6.07) is 10.1. The number of carbonyl (C=O) groups is 2. The molecule has 1 N–H and O–H groups in total. The zero-order chi connectivity index (χ0) is 29.7. The third kappa shape index (κ3) is 6.70. The number of nitrogens with zero attached hydrogens (tertiary/aromatic N) is 2. The van der Waals surface area contributed by atoms with Crippen LogP contribution in [0, 0.1) is 5.92 Å². The van der Waals surface area contributed by atoms with Gasteiger partial charge in [0.2, 0.25) is 0 Å². The summed E-state index contributed by atoms with van der Waals surface area (Å²) in [5.41, 5.74) is 2.23. The minimum Gasteiger partial charge on any atom is -0.507 e. The highest BCUT2D eigenvalue weighted by atomic mass is 16.5. The van der Waals surface area contributed by atoms with Gasteiger partial charge in [-0.05, 0) is 86.8 Å². The molecule has 2 heterocycles. The fraction of sp³-hybridized carbons (Fsp3) is 0.515. The number of hydrogen-bond donors (Lipinski definition) is 1. The van der Waals surface area contributed by atoms with E-state index in [4.69, 9.17) is 14.2 Å². The van der Waals surface area contributed by atoms with Crippen molar-refractivity contribution in [3.63, 3.8) is 0 Å². The van der Waals surface area contributed by atoms with E-state index in [0.717, 1.165) is 43.8 Å². The molecular weight excluding hydrogens is 520 g/mol. The summed E-state index contributed by atoms with van der Waals surface area (Å²) in [7, 11) is 1.57. The van der Waals surface area contributed by atoms with Gasteiger partial charge in [0.1, 0.15) is 17.6 Å². The number of methoxy groups -OCH3 is 1. The highest BCUT2D eigenvalue weighted by Crippen LogP contribution is 2.43. The highest BCUT2D eigenvalue weighted by Gasteiger charge is 2.46. The lowest BCUT2D eigenvalue weighted by Gasteiger charge is -2.27. The minimum absolute atomic E-state index is 0.0486. The number of ether oxygens (including phenoxy) is 3. The van der Waals surface area contributed by atoms with Gasteiger partial charge in [-0.2, -0.15) is 0 Å². The summed E-state index contributed by atoms with van der Waals surface area (Å²) in [5, 5.41) is 11.6. The fourth-order valence-electron chi connectivity index (χ4n) is 5.56. The number of aliphatic hydroxyl groups is 1. The van der Waals surface area contributed by atoms with Crippen molar-refractivity contribution < 1.29 is 28.9 Å². The van der Waals surface area contributed by atoms with Gasteiger partial charge >= 0.3 is 0 Å². The lowest BCUT2D eigenvalue weighted by Crippen LogP contribution is -2.33. The van der Waals surface area contributed by atoms with Crippen molar-refractivity contribution in [3.05, 3.63) is 58.7 Å². The molecule has 1 saturated heterocycles. The molecule has 0 spiro atoms. The van der Waals surface area contributed by atoms with E-state index in [1.165, 1.54) is 0 Å². The van der Waals surface area contributed by atoms with Crippen LogP contribution in [0.3, 0.4) is 0 Å². The van der Waals surface area contributed by atoms with Gasteiger partial charge in [0, 0.05) is 18.5 Å². The Hall–Kier alpha value is -3.52. The molecule has 0 unspecified atom stereocenters. The summed E-state index contributed by atoms with van der Waals surface area (Å²) >= 11 is 0. The maximum atomic E-state index is 13.5. The first-order valence-electron chi connectivity index (χ1n) is 14.8. The molecule has 41 heavy (non-hydrogen) atoms. The Morgan fingerprint density at radius 2 is 1.88 bits per heavy atom. The number of rotatable bonds is 13. The molecule has 1 fully saturated rings. The third-order valence-corrected chi connectivity index (χ3v) is 7.93. The minimum atomic E-state index is -0.756. The van der Waals surface area contributed by atoms with Crippen LogP contribution in [-0.2, 0) is 16.0 Å². The van der Waals surface area contributed by atoms with Crippen molar-refractivity contribution >= 4 is 17.4 Å². The lowest BCUT2D eigenvalue weighted by atomic mass is 9.94. The van der Waals surface area contributed by atoms with Crippen molar-refractivity contribution in [2.75, 3.05) is 39.9 Å². The Morgan fingerprint density at radius 1 is 1.12 bits per heavy atom. The molecule has 0 aromatic heterocycles. The molecule has 222 valence electrons. The molecule has 8 heteroatoms. The molecule has 2 aliphatic rings. The van der Waals surface area contributed by atoms with E-state index in [-0.39, 0.29) is 17.4 Å². The van der Waals surface area contributed by atoms with Crippen molar-refractivity contribution in [3.8, 4) is 17.2 Å². The summed E-state index contributed by atoms with van der Waals surface area (Å²) < 4.78 is 17.5. The molecule has 0 aliphatic carbocycles. The summed E-state index contributed by atoms with van der Waals surface area (Å²) in [4.78, 5) is 30.9. The SMILES string of the molecule is CCN(CC)CCCN1C(=O)C(=O)/C(=C(/O)c2ccc3c(c2)C[C@@H](C)O3)[C@H]1c1ccc(OCCC(C)C)c(OC)c1. The predicted molar refractivity (Wildman–Crippen MR) is 160 cm³/mol. The summed E-state index contributed by atoms with van der Waals surface area (Å²) in [6.07, 6.45) is 2.37. The van der Waals surface area contributed by atoms with E-state index in [0.29, 0.717) is 48.1 Å². The zero-order valence-corrected chi connectivity index (χ0v) is 25.2. The van der Waals surface area contributed by atoms with Crippen LogP contribution in [0.15, 0.2) is 42.0 Å². The number of amides is 1. The highest BCUT2D eigenvalue weighted by molar-refractivity contribution is 6.46. The standard InChI is InChI=1S/C33H44N2O6/c1-7-34(8-2)15-9-16-35-30(23-10-13-27(28(20-23)39-6)40-17-14-21(3)4)29(32(37)33(35)38)31(36)24-11-12-26-25(19-24)18-22(5)41-26/h10-13,19-22,30,36H,7-9,14-18H2,1-6H3/b31-29+/t22-,30-/m1/s1. The first-order valence-corrected chi connectivity index (χ1v) is 14.8. The normalized spacial score (nSPS) is 19.7. The Kier molecular flexibility index (Phi) is 9.97. The number of carbonyl (C=O) groups excluding carboxylic acids is 2. The van der Waals surface area contributed by atoms with Crippen LogP contribution >= 0.6 is 0 Å². The predicted octanol–water partition coefficient (Wildman–Crippen LogP) is 5.60. The topological polar surface area (TPSA) is 88.5 Å². The maximum Gasteiger partial charge on any atom is 0.295 e. The van der Waals surface area contributed by atoms with E-state index < -0.39 is 17.7 Å². The summed E-state index contributed by atoms with van der Waals surface area (Å²) in [6.45, 7) is 14.0. The van der Waals surface area contributed by atoms with Crippen molar-refractivity contribution in [1.29, 1.82) is 0 Å². The first kappa shape index (κ1) is 30.4. The Balaban J connectivity index is 1.74. The number of likely N-dealkylation sites (tertiary alicyclic amines) is 1. The molecule has 2 atom stereocenters. The third-order valence-electron chi connectivity index (χ3n) is 7.93. The maximum absolute atomic E-state index is 13.5. The smallest absolute Gasteiger partial charge is 0.295 e. The van der Waals surface area contributed by atoms with Gasteiger partial charge in [0.15, 0.2) is 11.5 Å².